The van der Waals surface area contributed by atoms with Crippen LogP contribution in [0.3, 0.4) is 0 Å². The lowest BCUT2D eigenvalue weighted by Gasteiger charge is -2.33. The summed E-state index contributed by atoms with van der Waals surface area (Å²) in [4.78, 5) is 19.7. The lowest BCUT2D eigenvalue weighted by molar-refractivity contribution is 0.0663. The van der Waals surface area contributed by atoms with E-state index in [2.05, 4.69) is 9.55 Å². The molecule has 3 heterocycles. The molecule has 0 spiro atoms. The Hall–Kier alpha value is -2.76. The lowest BCUT2D eigenvalue weighted by Crippen LogP contribution is -2.41. The van der Waals surface area contributed by atoms with Crippen LogP contribution in [0.5, 0.6) is 5.75 Å². The number of hydrogen-bond acceptors (Lipinski definition) is 3. The summed E-state index contributed by atoms with van der Waals surface area (Å²) in [7, 11) is 1.96. The number of hydrogen-bond donors (Lipinski definition) is 1. The van der Waals surface area contributed by atoms with E-state index in [1.807, 2.05) is 48.8 Å². The van der Waals surface area contributed by atoms with Crippen molar-refractivity contribution in [2.75, 3.05) is 13.1 Å². The van der Waals surface area contributed by atoms with Crippen molar-refractivity contribution in [3.8, 4) is 5.75 Å². The third-order valence-electron chi connectivity index (χ3n) is 5.87. The van der Waals surface area contributed by atoms with Gasteiger partial charge in [0.15, 0.2) is 0 Å². The molecule has 0 saturated carbocycles. The zero-order valence-electron chi connectivity index (χ0n) is 16.1. The van der Waals surface area contributed by atoms with Crippen LogP contribution in [0.15, 0.2) is 30.6 Å². The van der Waals surface area contributed by atoms with Crippen LogP contribution in [0.4, 0.5) is 0 Å². The van der Waals surface area contributed by atoms with Gasteiger partial charge in [-0.05, 0) is 50.8 Å². The number of nitrogens with zero attached hydrogens (tertiary/aromatic N) is 4. The number of phenols is 1. The number of carbonyl (C=O) groups excluding carboxylic acids is 1. The Bertz CT molecular complexity index is 1000. The van der Waals surface area contributed by atoms with Crippen LogP contribution in [0, 0.1) is 19.8 Å². The fourth-order valence-electron chi connectivity index (χ4n) is 4.26. The van der Waals surface area contributed by atoms with Gasteiger partial charge in [0.1, 0.15) is 11.6 Å². The number of phenolic OH excluding ortho intramolecular Hbond substituents is 1. The van der Waals surface area contributed by atoms with Crippen LogP contribution < -0.4 is 0 Å². The molecule has 2 aromatic heterocycles. The smallest absolute Gasteiger partial charge is 0.256 e. The second kappa shape index (κ2) is 6.76. The van der Waals surface area contributed by atoms with Crippen molar-refractivity contribution in [2.24, 2.45) is 13.0 Å². The predicted molar refractivity (Wildman–Crippen MR) is 105 cm³/mol. The van der Waals surface area contributed by atoms with E-state index in [1.54, 1.807) is 12.1 Å². The molecule has 27 heavy (non-hydrogen) atoms. The summed E-state index contributed by atoms with van der Waals surface area (Å²) < 4.78 is 4.19. The molecule has 6 nitrogen and oxygen atoms in total. The topological polar surface area (TPSA) is 63.3 Å². The number of aromatic hydroxyl groups is 1. The molecular weight excluding hydrogens is 340 g/mol. The number of benzene rings is 1. The minimum Gasteiger partial charge on any atom is -0.508 e. The van der Waals surface area contributed by atoms with Gasteiger partial charge in [0.05, 0.1) is 5.56 Å². The van der Waals surface area contributed by atoms with E-state index < -0.39 is 0 Å². The Morgan fingerprint density at radius 3 is 2.89 bits per heavy atom. The monoisotopic (exact) mass is 366 g/mol. The Labute approximate surface area is 159 Å². The van der Waals surface area contributed by atoms with Crippen LogP contribution in [0.1, 0.15) is 34.7 Å². The number of fused-ring (bicyclic) bond motifs is 1. The molecule has 1 atom stereocenters. The van der Waals surface area contributed by atoms with Crippen molar-refractivity contribution in [1.82, 2.24) is 19.0 Å². The molecular formula is C21H26N4O2. The molecule has 1 aliphatic heterocycles. The van der Waals surface area contributed by atoms with Gasteiger partial charge in [-0.1, -0.05) is 0 Å². The van der Waals surface area contributed by atoms with Gasteiger partial charge in [-0.15, -0.1) is 0 Å². The molecule has 1 fully saturated rings. The maximum atomic E-state index is 13.4. The van der Waals surface area contributed by atoms with E-state index >= 15 is 0 Å². The summed E-state index contributed by atoms with van der Waals surface area (Å²) in [6.45, 7) is 6.42. The first-order chi connectivity index (χ1) is 13.0. The van der Waals surface area contributed by atoms with E-state index in [-0.39, 0.29) is 11.7 Å². The van der Waals surface area contributed by atoms with E-state index in [4.69, 9.17) is 0 Å². The summed E-state index contributed by atoms with van der Waals surface area (Å²) >= 11 is 0. The van der Waals surface area contributed by atoms with Crippen LogP contribution in [0.25, 0.3) is 10.9 Å². The highest BCUT2D eigenvalue weighted by Crippen LogP contribution is 2.30. The number of aromatic nitrogens is 3. The van der Waals surface area contributed by atoms with E-state index in [0.29, 0.717) is 11.5 Å². The highest BCUT2D eigenvalue weighted by molar-refractivity contribution is 6.08. The minimum atomic E-state index is 0.0655. The number of amides is 1. The molecule has 1 unspecified atom stereocenters. The third kappa shape index (κ3) is 3.09. The van der Waals surface area contributed by atoms with Crippen molar-refractivity contribution in [1.29, 1.82) is 0 Å². The number of imidazole rings is 1. The molecule has 1 amide bonds. The van der Waals surface area contributed by atoms with Gasteiger partial charge in [-0.2, -0.15) is 0 Å². The molecule has 1 aromatic carbocycles. The fraction of sp³-hybridized carbons (Fsp3) is 0.429. The third-order valence-corrected chi connectivity index (χ3v) is 5.87. The zero-order chi connectivity index (χ0) is 19.1. The van der Waals surface area contributed by atoms with Crippen LogP contribution in [-0.4, -0.2) is 43.1 Å². The summed E-state index contributed by atoms with van der Waals surface area (Å²) in [5.41, 5.74) is 2.62. The van der Waals surface area contributed by atoms with Crippen LogP contribution >= 0.6 is 0 Å². The molecule has 6 heteroatoms. The van der Waals surface area contributed by atoms with Crippen LogP contribution in [0.2, 0.25) is 0 Å². The molecule has 1 saturated heterocycles. The molecule has 142 valence electrons. The summed E-state index contributed by atoms with van der Waals surface area (Å²) in [6.07, 6.45) is 5.97. The van der Waals surface area contributed by atoms with Gasteiger partial charge in [0, 0.05) is 55.7 Å². The maximum Gasteiger partial charge on any atom is 0.256 e. The van der Waals surface area contributed by atoms with Gasteiger partial charge >= 0.3 is 0 Å². The van der Waals surface area contributed by atoms with Gasteiger partial charge in [-0.3, -0.25) is 4.79 Å². The Morgan fingerprint density at radius 1 is 1.33 bits per heavy atom. The van der Waals surface area contributed by atoms with Crippen molar-refractivity contribution in [2.45, 2.75) is 33.2 Å². The maximum absolute atomic E-state index is 13.4. The lowest BCUT2D eigenvalue weighted by atomic mass is 9.96. The minimum absolute atomic E-state index is 0.0655. The first-order valence-corrected chi connectivity index (χ1v) is 9.50. The number of rotatable bonds is 3. The summed E-state index contributed by atoms with van der Waals surface area (Å²) in [5, 5.41) is 10.7. The van der Waals surface area contributed by atoms with Gasteiger partial charge < -0.3 is 19.1 Å². The Kier molecular flexibility index (Phi) is 4.42. The summed E-state index contributed by atoms with van der Waals surface area (Å²) in [5.74, 6) is 1.70. The van der Waals surface area contributed by atoms with E-state index in [0.717, 1.165) is 54.9 Å². The molecule has 0 aliphatic carbocycles. The Balaban J connectivity index is 1.61. The molecule has 3 aromatic rings. The predicted octanol–water partition coefficient (Wildman–Crippen LogP) is 3.25. The van der Waals surface area contributed by atoms with Crippen molar-refractivity contribution in [3.05, 3.63) is 47.7 Å². The van der Waals surface area contributed by atoms with Crippen LogP contribution in [-0.2, 0) is 13.6 Å². The van der Waals surface area contributed by atoms with E-state index in [1.165, 1.54) is 0 Å². The quantitative estimate of drug-likeness (QED) is 0.774. The average molecular weight is 366 g/mol. The molecule has 4 rings (SSSR count). The first-order valence-electron chi connectivity index (χ1n) is 9.50. The summed E-state index contributed by atoms with van der Waals surface area (Å²) in [6, 6.07) is 5.24. The number of piperidine rings is 1. The highest BCUT2D eigenvalue weighted by Gasteiger charge is 2.28. The van der Waals surface area contributed by atoms with Gasteiger partial charge in [-0.25, -0.2) is 4.98 Å². The number of aryl methyl sites for hydroxylation is 2. The Morgan fingerprint density at radius 2 is 2.15 bits per heavy atom. The highest BCUT2D eigenvalue weighted by atomic mass is 16.3. The molecule has 1 aliphatic rings. The van der Waals surface area contributed by atoms with Gasteiger partial charge in [0.25, 0.3) is 5.91 Å². The normalized spacial score (nSPS) is 17.6. The standard InChI is InChI=1S/C21H26N4O2/c1-14-20(18-11-17(26)6-7-19(18)23(14)3)21(27)25-9-4-5-16(13-25)12-24-10-8-22-15(24)2/h6-8,10-11,16,26H,4-5,9,12-13H2,1-3H3. The average Bonchev–Trinajstić information content (AvgIpc) is 3.16. The zero-order valence-corrected chi connectivity index (χ0v) is 16.1. The SMILES string of the molecule is Cc1nccn1CC1CCCN(C(=O)c2c(C)n(C)c3ccc(O)cc23)C1. The van der Waals surface area contributed by atoms with Crippen molar-refractivity contribution in [3.63, 3.8) is 0 Å². The molecule has 0 radical (unpaired) electrons. The largest absolute Gasteiger partial charge is 0.508 e. The second-order valence-corrected chi connectivity index (χ2v) is 7.61. The van der Waals surface area contributed by atoms with Gasteiger partial charge in [0.2, 0.25) is 0 Å². The van der Waals surface area contributed by atoms with Crippen molar-refractivity contribution >= 4 is 16.8 Å². The van der Waals surface area contributed by atoms with Crippen molar-refractivity contribution < 1.29 is 9.90 Å². The number of carbonyl (C=O) groups is 1. The van der Waals surface area contributed by atoms with E-state index in [9.17, 15) is 9.90 Å². The second-order valence-electron chi connectivity index (χ2n) is 7.61. The molecule has 0 bridgehead atoms. The fourth-order valence-corrected chi connectivity index (χ4v) is 4.26. The molecule has 1 N–H and O–H groups in total. The number of likely N-dealkylation sites (tertiary alicyclic amines) is 1. The first kappa shape index (κ1) is 17.6.